The Morgan fingerprint density at radius 1 is 1.53 bits per heavy atom. The van der Waals surface area contributed by atoms with Crippen molar-refractivity contribution >= 4 is 11.7 Å². The fraction of sp³-hybridized carbons (Fsp3) is 0.364. The lowest BCUT2D eigenvalue weighted by atomic mass is 10.2. The van der Waals surface area contributed by atoms with Crippen LogP contribution in [0.5, 0.6) is 0 Å². The van der Waals surface area contributed by atoms with Gasteiger partial charge in [0.2, 0.25) is 0 Å². The van der Waals surface area contributed by atoms with Gasteiger partial charge in [-0.3, -0.25) is 9.69 Å². The first-order valence-corrected chi connectivity index (χ1v) is 4.71. The lowest BCUT2D eigenvalue weighted by molar-refractivity contribution is -0.141. The number of anilines is 1. The van der Waals surface area contributed by atoms with Crippen molar-refractivity contribution in [2.24, 2.45) is 0 Å². The molecule has 0 aromatic heterocycles. The lowest BCUT2D eigenvalue weighted by Crippen LogP contribution is -2.26. The van der Waals surface area contributed by atoms with Gasteiger partial charge in [-0.1, -0.05) is 12.1 Å². The zero-order valence-corrected chi connectivity index (χ0v) is 9.06. The van der Waals surface area contributed by atoms with Crippen molar-refractivity contribution < 1.29 is 9.53 Å². The molecule has 1 rings (SSSR count). The van der Waals surface area contributed by atoms with E-state index in [0.717, 1.165) is 11.3 Å². The Labute approximate surface area is 89.6 Å². The van der Waals surface area contributed by atoms with Crippen LogP contribution < -0.4 is 5.73 Å². The van der Waals surface area contributed by atoms with Crippen molar-refractivity contribution in [3.8, 4) is 0 Å². The first-order chi connectivity index (χ1) is 7.11. The first-order valence-electron chi connectivity index (χ1n) is 4.71. The average molecular weight is 208 g/mol. The second-order valence-electron chi connectivity index (χ2n) is 3.49. The summed E-state index contributed by atoms with van der Waals surface area (Å²) in [7, 11) is 3.25. The Morgan fingerprint density at radius 2 is 2.27 bits per heavy atom. The maximum Gasteiger partial charge on any atom is 0.319 e. The third kappa shape index (κ3) is 3.99. The summed E-state index contributed by atoms with van der Waals surface area (Å²) in [6.45, 7) is 0.964. The molecule has 1 aromatic rings. The number of hydrogen-bond acceptors (Lipinski definition) is 4. The molecule has 1 aromatic carbocycles. The highest BCUT2D eigenvalue weighted by atomic mass is 16.5. The number of hydrogen-bond donors (Lipinski definition) is 1. The first kappa shape index (κ1) is 11.5. The summed E-state index contributed by atoms with van der Waals surface area (Å²) in [6, 6.07) is 7.61. The van der Waals surface area contributed by atoms with Gasteiger partial charge in [0.25, 0.3) is 0 Å². The number of nitrogens with zero attached hydrogens (tertiary/aromatic N) is 1. The molecule has 2 N–H and O–H groups in total. The molecule has 0 saturated carbocycles. The Morgan fingerprint density at radius 3 is 2.87 bits per heavy atom. The fourth-order valence-corrected chi connectivity index (χ4v) is 1.34. The maximum atomic E-state index is 11.0. The van der Waals surface area contributed by atoms with Crippen molar-refractivity contribution in [3.63, 3.8) is 0 Å². The smallest absolute Gasteiger partial charge is 0.319 e. The van der Waals surface area contributed by atoms with E-state index in [1.54, 1.807) is 0 Å². The van der Waals surface area contributed by atoms with E-state index in [0.29, 0.717) is 6.54 Å². The van der Waals surface area contributed by atoms with Crippen LogP contribution in [0.2, 0.25) is 0 Å². The van der Waals surface area contributed by atoms with Crippen molar-refractivity contribution in [3.05, 3.63) is 29.8 Å². The van der Waals surface area contributed by atoms with E-state index in [1.807, 2.05) is 36.2 Å². The van der Waals surface area contributed by atoms with E-state index in [-0.39, 0.29) is 12.5 Å². The van der Waals surface area contributed by atoms with Gasteiger partial charge in [-0.2, -0.15) is 0 Å². The molecule has 0 spiro atoms. The number of benzene rings is 1. The Kier molecular flexibility index (Phi) is 4.12. The summed E-state index contributed by atoms with van der Waals surface area (Å²) in [5, 5.41) is 0. The molecule has 0 atom stereocenters. The van der Waals surface area contributed by atoms with Crippen LogP contribution in [0.3, 0.4) is 0 Å². The molecule has 0 aliphatic rings. The molecule has 0 heterocycles. The molecule has 0 aliphatic carbocycles. The molecule has 4 nitrogen and oxygen atoms in total. The van der Waals surface area contributed by atoms with Crippen molar-refractivity contribution in [2.45, 2.75) is 6.54 Å². The van der Waals surface area contributed by atoms with E-state index in [4.69, 9.17) is 5.73 Å². The summed E-state index contributed by atoms with van der Waals surface area (Å²) in [5.74, 6) is -0.235. The van der Waals surface area contributed by atoms with E-state index >= 15 is 0 Å². The van der Waals surface area contributed by atoms with Crippen LogP contribution in [-0.4, -0.2) is 31.6 Å². The van der Waals surface area contributed by atoms with Crippen molar-refractivity contribution in [1.82, 2.24) is 4.90 Å². The van der Waals surface area contributed by atoms with E-state index in [1.165, 1.54) is 7.11 Å². The van der Waals surface area contributed by atoms with Crippen molar-refractivity contribution in [1.29, 1.82) is 0 Å². The van der Waals surface area contributed by atoms with Gasteiger partial charge in [-0.05, 0) is 24.7 Å². The molecular formula is C11H16N2O2. The van der Waals surface area contributed by atoms with E-state index < -0.39 is 0 Å². The van der Waals surface area contributed by atoms with Gasteiger partial charge in [0.05, 0.1) is 13.7 Å². The second kappa shape index (κ2) is 5.36. The summed E-state index contributed by atoms with van der Waals surface area (Å²) in [4.78, 5) is 12.9. The number of carbonyl (C=O) groups excluding carboxylic acids is 1. The fourth-order valence-electron chi connectivity index (χ4n) is 1.34. The standard InChI is InChI=1S/C11H16N2O2/c1-13(8-11(14)15-2)7-9-4-3-5-10(12)6-9/h3-6H,7-8,12H2,1-2H3. The monoisotopic (exact) mass is 208 g/mol. The van der Waals surface area contributed by atoms with Gasteiger partial charge in [-0.15, -0.1) is 0 Å². The topological polar surface area (TPSA) is 55.6 Å². The SMILES string of the molecule is COC(=O)CN(C)Cc1cccc(N)c1. The van der Waals surface area contributed by atoms with Gasteiger partial charge in [0.15, 0.2) is 0 Å². The van der Waals surface area contributed by atoms with Crippen LogP contribution >= 0.6 is 0 Å². The van der Waals surface area contributed by atoms with E-state index in [2.05, 4.69) is 4.74 Å². The largest absolute Gasteiger partial charge is 0.468 e. The molecular weight excluding hydrogens is 192 g/mol. The van der Waals surface area contributed by atoms with Gasteiger partial charge >= 0.3 is 5.97 Å². The molecule has 0 saturated heterocycles. The highest BCUT2D eigenvalue weighted by Gasteiger charge is 2.06. The summed E-state index contributed by atoms with van der Waals surface area (Å²) in [5.41, 5.74) is 7.47. The Balaban J connectivity index is 2.51. The molecule has 0 radical (unpaired) electrons. The molecule has 15 heavy (non-hydrogen) atoms. The molecule has 82 valence electrons. The molecule has 0 amide bonds. The van der Waals surface area contributed by atoms with Crippen LogP contribution in [0.4, 0.5) is 5.69 Å². The zero-order chi connectivity index (χ0) is 11.3. The average Bonchev–Trinajstić information content (AvgIpc) is 2.17. The number of nitrogens with two attached hydrogens (primary N) is 1. The van der Waals surface area contributed by atoms with Gasteiger partial charge in [0.1, 0.15) is 0 Å². The van der Waals surface area contributed by atoms with Crippen LogP contribution in [0.15, 0.2) is 24.3 Å². The maximum absolute atomic E-state index is 11.0. The Hall–Kier alpha value is -1.55. The third-order valence-electron chi connectivity index (χ3n) is 2.03. The number of rotatable bonds is 4. The molecule has 0 bridgehead atoms. The molecule has 0 aliphatic heterocycles. The normalized spacial score (nSPS) is 10.3. The van der Waals surface area contributed by atoms with Gasteiger partial charge in [0, 0.05) is 12.2 Å². The summed E-state index contributed by atoms with van der Waals surface area (Å²) < 4.78 is 4.58. The minimum absolute atomic E-state index is 0.235. The zero-order valence-electron chi connectivity index (χ0n) is 9.06. The quantitative estimate of drug-likeness (QED) is 0.589. The van der Waals surface area contributed by atoms with Crippen LogP contribution in [0.25, 0.3) is 0 Å². The predicted octanol–water partition coefficient (Wildman–Crippen LogP) is 0.874. The van der Waals surface area contributed by atoms with Gasteiger partial charge in [-0.25, -0.2) is 0 Å². The Bertz CT molecular complexity index is 339. The number of ether oxygens (including phenoxy) is 1. The molecule has 0 fully saturated rings. The summed E-state index contributed by atoms with van der Waals surface area (Å²) in [6.07, 6.45) is 0. The highest BCUT2D eigenvalue weighted by molar-refractivity contribution is 5.71. The second-order valence-corrected chi connectivity index (χ2v) is 3.49. The predicted molar refractivity (Wildman–Crippen MR) is 59.2 cm³/mol. The lowest BCUT2D eigenvalue weighted by Gasteiger charge is -2.15. The minimum Gasteiger partial charge on any atom is -0.468 e. The van der Waals surface area contributed by atoms with Crippen LogP contribution in [0, 0.1) is 0 Å². The highest BCUT2D eigenvalue weighted by Crippen LogP contribution is 2.08. The minimum atomic E-state index is -0.235. The van der Waals surface area contributed by atoms with Crippen molar-refractivity contribution in [2.75, 3.05) is 26.4 Å². The number of methoxy groups -OCH3 is 1. The number of esters is 1. The van der Waals surface area contributed by atoms with Crippen LogP contribution in [-0.2, 0) is 16.1 Å². The third-order valence-corrected chi connectivity index (χ3v) is 2.03. The number of carbonyl (C=O) groups is 1. The van der Waals surface area contributed by atoms with Gasteiger partial charge < -0.3 is 10.5 Å². The number of likely N-dealkylation sites (N-methyl/N-ethyl adjacent to an activating group) is 1. The molecule has 4 heteroatoms. The molecule has 0 unspecified atom stereocenters. The van der Waals surface area contributed by atoms with Crippen LogP contribution in [0.1, 0.15) is 5.56 Å². The number of nitrogen functional groups attached to an aromatic ring is 1. The van der Waals surface area contributed by atoms with E-state index in [9.17, 15) is 4.79 Å². The summed E-state index contributed by atoms with van der Waals surface area (Å²) >= 11 is 0.